The van der Waals surface area contributed by atoms with Gasteiger partial charge in [0.2, 0.25) is 17.7 Å². The molecule has 2 aromatic carbocycles. The molecule has 2 N–H and O–H groups in total. The number of amides is 3. The van der Waals surface area contributed by atoms with Gasteiger partial charge in [-0.05, 0) is 42.5 Å². The number of hydrogen-bond donors (Lipinski definition) is 2. The van der Waals surface area contributed by atoms with E-state index in [1.165, 1.54) is 23.1 Å². The highest BCUT2D eigenvalue weighted by molar-refractivity contribution is 6.15. The summed E-state index contributed by atoms with van der Waals surface area (Å²) in [4.78, 5) is 41.7. The number of rotatable bonds is 5. The molecule has 0 aromatic heterocycles. The third-order valence-corrected chi connectivity index (χ3v) is 6.96. The van der Waals surface area contributed by atoms with Gasteiger partial charge in [-0.3, -0.25) is 24.6 Å². The van der Waals surface area contributed by atoms with Crippen LogP contribution in [-0.2, 0) is 26.3 Å². The van der Waals surface area contributed by atoms with Gasteiger partial charge in [0.05, 0.1) is 11.8 Å². The van der Waals surface area contributed by atoms with E-state index in [0.717, 1.165) is 5.56 Å². The minimum Gasteiger partial charge on any atom is -0.324 e. The van der Waals surface area contributed by atoms with E-state index in [-0.39, 0.29) is 30.3 Å². The van der Waals surface area contributed by atoms with Crippen LogP contribution in [-0.4, -0.2) is 35.2 Å². The molecule has 4 atom stereocenters. The summed E-state index contributed by atoms with van der Waals surface area (Å²) >= 11 is 0. The number of hydrogen-bond acceptors (Lipinski definition) is 4. The van der Waals surface area contributed by atoms with E-state index in [0.29, 0.717) is 24.1 Å². The summed E-state index contributed by atoms with van der Waals surface area (Å²) in [5.74, 6) is -2.78. The van der Waals surface area contributed by atoms with Gasteiger partial charge in [-0.25, -0.2) is 4.39 Å². The first kappa shape index (κ1) is 20.8. The molecule has 0 unspecified atom stereocenters. The van der Waals surface area contributed by atoms with Gasteiger partial charge in [0.1, 0.15) is 11.4 Å². The molecule has 166 valence electrons. The monoisotopic (exact) mass is 435 g/mol. The van der Waals surface area contributed by atoms with Crippen LogP contribution < -0.4 is 10.6 Å². The molecule has 5 rings (SSSR count). The molecule has 6 nitrogen and oxygen atoms in total. The molecule has 3 heterocycles. The molecule has 2 aromatic rings. The van der Waals surface area contributed by atoms with Gasteiger partial charge in [-0.1, -0.05) is 44.2 Å². The third kappa shape index (κ3) is 2.98. The van der Waals surface area contributed by atoms with Crippen molar-refractivity contribution >= 4 is 23.4 Å². The lowest BCUT2D eigenvalue weighted by Gasteiger charge is -2.30. The van der Waals surface area contributed by atoms with Crippen molar-refractivity contribution in [3.63, 3.8) is 0 Å². The number of benzene rings is 2. The van der Waals surface area contributed by atoms with E-state index in [4.69, 9.17) is 0 Å². The minimum absolute atomic E-state index is 0.247. The van der Waals surface area contributed by atoms with E-state index >= 15 is 0 Å². The number of halogens is 1. The van der Waals surface area contributed by atoms with E-state index in [1.54, 1.807) is 0 Å². The maximum Gasteiger partial charge on any atom is 0.250 e. The maximum atomic E-state index is 14.2. The van der Waals surface area contributed by atoms with E-state index < -0.39 is 29.1 Å². The summed E-state index contributed by atoms with van der Waals surface area (Å²) < 4.78 is 14.2. The first-order valence-corrected chi connectivity index (χ1v) is 11.1. The van der Waals surface area contributed by atoms with Crippen molar-refractivity contribution < 1.29 is 18.8 Å². The Bertz CT molecular complexity index is 1100. The van der Waals surface area contributed by atoms with E-state index in [2.05, 4.69) is 10.6 Å². The van der Waals surface area contributed by atoms with Gasteiger partial charge >= 0.3 is 0 Å². The Kier molecular flexibility index (Phi) is 4.89. The molecule has 3 aliphatic rings. The molecule has 1 spiro atoms. The van der Waals surface area contributed by atoms with Crippen molar-refractivity contribution in [2.45, 2.75) is 38.3 Å². The largest absolute Gasteiger partial charge is 0.324 e. The lowest BCUT2D eigenvalue weighted by atomic mass is 9.76. The first-order valence-electron chi connectivity index (χ1n) is 11.1. The number of imide groups is 1. The molecular weight excluding hydrogens is 409 g/mol. The zero-order valence-corrected chi connectivity index (χ0v) is 18.1. The standard InChI is InChI=1S/C25H26FN3O3/c1-14(2)12-19-20-21(23(31)29(22(20)30)11-10-15-6-4-3-5-7-15)25(28-19)17-13-16(26)8-9-18(17)27-24(25)32/h3-9,13-14,19-21,28H,10-12H2,1-2H3,(H,27,32)/t19-,20-,21+,25+/m1/s1. The second-order valence-electron chi connectivity index (χ2n) is 9.40. The SMILES string of the molecule is CC(C)C[C@H]1N[C@]2(C(=O)Nc3ccc(F)cc32)[C@@H]2C(=O)N(CCc3ccccc3)C(=O)[C@@H]21. The highest BCUT2D eigenvalue weighted by Gasteiger charge is 2.70. The Hall–Kier alpha value is -3.06. The smallest absolute Gasteiger partial charge is 0.250 e. The highest BCUT2D eigenvalue weighted by atomic mass is 19.1. The lowest BCUT2D eigenvalue weighted by molar-refractivity contribution is -0.142. The summed E-state index contributed by atoms with van der Waals surface area (Å²) in [5.41, 5.74) is 0.490. The zero-order valence-electron chi connectivity index (χ0n) is 18.1. The Labute approximate surface area is 186 Å². The molecule has 3 aliphatic heterocycles. The Morgan fingerprint density at radius 2 is 1.81 bits per heavy atom. The van der Waals surface area contributed by atoms with Gasteiger partial charge < -0.3 is 5.32 Å². The van der Waals surface area contributed by atoms with E-state index in [9.17, 15) is 18.8 Å². The second kappa shape index (κ2) is 7.52. The quantitative estimate of drug-likeness (QED) is 0.708. The molecule has 7 heteroatoms. The van der Waals surface area contributed by atoms with Gasteiger partial charge in [-0.2, -0.15) is 0 Å². The Morgan fingerprint density at radius 3 is 2.53 bits per heavy atom. The summed E-state index contributed by atoms with van der Waals surface area (Å²) in [6, 6.07) is 13.4. The summed E-state index contributed by atoms with van der Waals surface area (Å²) in [7, 11) is 0. The number of fused-ring (bicyclic) bond motifs is 4. The molecule has 2 saturated heterocycles. The maximum absolute atomic E-state index is 14.2. The normalized spacial score (nSPS) is 28.6. The van der Waals surface area contributed by atoms with Crippen molar-refractivity contribution in [2.75, 3.05) is 11.9 Å². The van der Waals surface area contributed by atoms with Crippen LogP contribution >= 0.6 is 0 Å². The van der Waals surface area contributed by atoms with Gasteiger partial charge in [0.15, 0.2) is 0 Å². The fraction of sp³-hybridized carbons (Fsp3) is 0.400. The molecule has 0 saturated carbocycles. The minimum atomic E-state index is -1.43. The molecule has 2 fully saturated rings. The van der Waals surface area contributed by atoms with Gasteiger partial charge in [-0.15, -0.1) is 0 Å². The van der Waals surface area contributed by atoms with Crippen LogP contribution in [0.2, 0.25) is 0 Å². The molecule has 32 heavy (non-hydrogen) atoms. The van der Waals surface area contributed by atoms with Crippen LogP contribution in [0, 0.1) is 23.6 Å². The molecule has 0 aliphatic carbocycles. The Morgan fingerprint density at radius 1 is 1.06 bits per heavy atom. The van der Waals surface area contributed by atoms with E-state index in [1.807, 2.05) is 44.2 Å². The van der Waals surface area contributed by atoms with Crippen molar-refractivity contribution in [3.05, 3.63) is 65.5 Å². The summed E-state index contributed by atoms with van der Waals surface area (Å²) in [5, 5.41) is 6.14. The van der Waals surface area contributed by atoms with Crippen LogP contribution in [0.1, 0.15) is 31.4 Å². The Balaban J connectivity index is 1.54. The predicted octanol–water partition coefficient (Wildman–Crippen LogP) is 2.83. The second-order valence-corrected chi connectivity index (χ2v) is 9.40. The highest BCUT2D eigenvalue weighted by Crippen LogP contribution is 2.53. The molecule has 0 bridgehead atoms. The van der Waals surface area contributed by atoms with Crippen molar-refractivity contribution in [1.82, 2.24) is 10.2 Å². The fourth-order valence-corrected chi connectivity index (χ4v) is 5.65. The number of nitrogens with one attached hydrogen (secondary N) is 2. The van der Waals surface area contributed by atoms with Gasteiger partial charge in [0, 0.05) is 23.8 Å². The third-order valence-electron chi connectivity index (χ3n) is 6.96. The van der Waals surface area contributed by atoms with Gasteiger partial charge in [0.25, 0.3) is 0 Å². The molecular formula is C25H26FN3O3. The molecule has 0 radical (unpaired) electrons. The fourth-order valence-electron chi connectivity index (χ4n) is 5.65. The predicted molar refractivity (Wildman–Crippen MR) is 117 cm³/mol. The van der Waals surface area contributed by atoms with Crippen LogP contribution in [0.5, 0.6) is 0 Å². The lowest BCUT2D eigenvalue weighted by Crippen LogP contribution is -2.53. The average Bonchev–Trinajstić information content (AvgIpc) is 3.32. The van der Waals surface area contributed by atoms with Crippen LogP contribution in [0.25, 0.3) is 0 Å². The number of anilines is 1. The van der Waals surface area contributed by atoms with Crippen molar-refractivity contribution in [2.24, 2.45) is 17.8 Å². The number of carbonyl (C=O) groups is 3. The topological polar surface area (TPSA) is 78.5 Å². The zero-order chi connectivity index (χ0) is 22.6. The number of carbonyl (C=O) groups excluding carboxylic acids is 3. The van der Waals surface area contributed by atoms with Crippen molar-refractivity contribution in [1.29, 1.82) is 0 Å². The number of nitrogens with zero attached hydrogens (tertiary/aromatic N) is 1. The van der Waals surface area contributed by atoms with Crippen LogP contribution in [0.15, 0.2) is 48.5 Å². The average molecular weight is 435 g/mol. The molecule has 3 amide bonds. The number of likely N-dealkylation sites (tertiary alicyclic amines) is 1. The van der Waals surface area contributed by atoms with Crippen LogP contribution in [0.4, 0.5) is 10.1 Å². The van der Waals surface area contributed by atoms with Crippen molar-refractivity contribution in [3.8, 4) is 0 Å². The van der Waals surface area contributed by atoms with Crippen LogP contribution in [0.3, 0.4) is 0 Å². The summed E-state index contributed by atoms with van der Waals surface area (Å²) in [6.45, 7) is 4.34. The first-order chi connectivity index (χ1) is 15.3. The summed E-state index contributed by atoms with van der Waals surface area (Å²) in [6.07, 6.45) is 1.18.